The predicted molar refractivity (Wildman–Crippen MR) is 150 cm³/mol. The molecule has 1 N–H and O–H groups in total. The minimum atomic E-state index is -0.301. The van der Waals surface area contributed by atoms with Crippen LogP contribution in [0.25, 0.3) is 20.3 Å². The fourth-order valence-electron chi connectivity index (χ4n) is 4.18. The predicted octanol–water partition coefficient (Wildman–Crippen LogP) is 7.84. The monoisotopic (exact) mass is 544 g/mol. The van der Waals surface area contributed by atoms with Gasteiger partial charge in [0.05, 0.1) is 17.0 Å². The molecular formula is C29H22ClFN4O2S. The zero-order valence-electron chi connectivity index (χ0n) is 20.1. The van der Waals surface area contributed by atoms with Crippen molar-refractivity contribution >= 4 is 54.7 Å². The Morgan fingerprint density at radius 1 is 0.947 bits per heavy atom. The Hall–Kier alpha value is -4.14. The van der Waals surface area contributed by atoms with Crippen LogP contribution >= 0.6 is 22.9 Å². The molecule has 0 spiro atoms. The van der Waals surface area contributed by atoms with Crippen molar-refractivity contribution < 1.29 is 13.9 Å². The number of hydrogen-bond acceptors (Lipinski definition) is 6. The lowest BCUT2D eigenvalue weighted by atomic mass is 10.2. The van der Waals surface area contributed by atoms with Crippen LogP contribution in [0.4, 0.5) is 15.9 Å². The van der Waals surface area contributed by atoms with Crippen LogP contribution in [0.15, 0.2) is 91.5 Å². The summed E-state index contributed by atoms with van der Waals surface area (Å²) >= 11 is 8.09. The van der Waals surface area contributed by atoms with Crippen molar-refractivity contribution in [1.29, 1.82) is 0 Å². The largest absolute Gasteiger partial charge is 0.492 e. The molecule has 0 atom stereocenters. The van der Waals surface area contributed by atoms with E-state index in [4.69, 9.17) is 21.1 Å². The molecule has 6 rings (SSSR count). The zero-order valence-corrected chi connectivity index (χ0v) is 21.7. The molecule has 3 aromatic heterocycles. The van der Waals surface area contributed by atoms with Crippen molar-refractivity contribution in [2.24, 2.45) is 0 Å². The van der Waals surface area contributed by atoms with Gasteiger partial charge in [0, 0.05) is 28.2 Å². The van der Waals surface area contributed by atoms with Gasteiger partial charge in [-0.15, -0.1) is 11.3 Å². The number of rotatable bonds is 9. The molecule has 0 fully saturated rings. The number of thiophene rings is 1. The molecule has 0 saturated carbocycles. The van der Waals surface area contributed by atoms with Crippen LogP contribution in [0.2, 0.25) is 5.02 Å². The molecule has 0 aliphatic carbocycles. The Balaban J connectivity index is 1.19. The highest BCUT2D eigenvalue weighted by molar-refractivity contribution is 7.25. The van der Waals surface area contributed by atoms with E-state index < -0.39 is 0 Å². The Bertz CT molecular complexity index is 1720. The SMILES string of the molecule is Fc1cccc(COc2ccc(Nc3ncnc4sc5cc(OCCn6cccc6)ccc5c34)cc2Cl)c1. The standard InChI is InChI=1S/C29H22ClFN4O2S/c30-24-15-21(6-9-25(24)37-17-19-4-3-5-20(31)14-19)34-28-27-23-8-7-22(36-13-12-35-10-1-2-11-35)16-26(23)38-29(27)33-18-32-28/h1-11,14-16,18H,12-13,17H2,(H,32,33,34). The van der Waals surface area contributed by atoms with E-state index in [2.05, 4.69) is 19.9 Å². The number of nitrogens with zero attached hydrogens (tertiary/aromatic N) is 3. The van der Waals surface area contributed by atoms with Gasteiger partial charge in [-0.05, 0) is 66.2 Å². The summed E-state index contributed by atoms with van der Waals surface area (Å²) < 4.78 is 28.4. The molecule has 38 heavy (non-hydrogen) atoms. The van der Waals surface area contributed by atoms with Crippen LogP contribution < -0.4 is 14.8 Å². The van der Waals surface area contributed by atoms with Crippen LogP contribution in [-0.4, -0.2) is 21.1 Å². The highest BCUT2D eigenvalue weighted by Crippen LogP contribution is 2.39. The third-order valence-corrected chi connectivity index (χ3v) is 7.36. The molecular weight excluding hydrogens is 523 g/mol. The molecule has 0 unspecified atom stereocenters. The summed E-state index contributed by atoms with van der Waals surface area (Å²) in [6.45, 7) is 1.59. The topological polar surface area (TPSA) is 61.2 Å². The maximum absolute atomic E-state index is 13.4. The Labute approximate surface area is 227 Å². The third kappa shape index (κ3) is 5.27. The molecule has 0 aliphatic heterocycles. The van der Waals surface area contributed by atoms with Crippen molar-refractivity contribution in [3.63, 3.8) is 0 Å². The summed E-state index contributed by atoms with van der Waals surface area (Å²) in [6, 6.07) is 21.8. The first kappa shape index (κ1) is 24.2. The molecule has 0 radical (unpaired) electrons. The van der Waals surface area contributed by atoms with Gasteiger partial charge >= 0.3 is 0 Å². The van der Waals surface area contributed by atoms with Gasteiger partial charge in [-0.3, -0.25) is 0 Å². The minimum Gasteiger partial charge on any atom is -0.492 e. The molecule has 0 amide bonds. The third-order valence-electron chi connectivity index (χ3n) is 6.00. The number of anilines is 2. The summed E-state index contributed by atoms with van der Waals surface area (Å²) in [5.74, 6) is 1.72. The summed E-state index contributed by atoms with van der Waals surface area (Å²) in [4.78, 5) is 9.87. The highest BCUT2D eigenvalue weighted by Gasteiger charge is 2.14. The second kappa shape index (κ2) is 10.7. The summed E-state index contributed by atoms with van der Waals surface area (Å²) in [5.41, 5.74) is 1.49. The van der Waals surface area contributed by atoms with Gasteiger partial charge in [0.2, 0.25) is 0 Å². The number of aromatic nitrogens is 3. The molecule has 3 aromatic carbocycles. The molecule has 190 valence electrons. The summed E-state index contributed by atoms with van der Waals surface area (Å²) in [5, 5.41) is 5.80. The zero-order chi connectivity index (χ0) is 25.9. The van der Waals surface area contributed by atoms with E-state index in [0.29, 0.717) is 23.2 Å². The van der Waals surface area contributed by atoms with Crippen LogP contribution in [0.3, 0.4) is 0 Å². The normalized spacial score (nSPS) is 11.2. The molecule has 0 aliphatic rings. The van der Waals surface area contributed by atoms with Gasteiger partial charge in [-0.25, -0.2) is 14.4 Å². The molecule has 9 heteroatoms. The van der Waals surface area contributed by atoms with Crippen molar-refractivity contribution in [1.82, 2.24) is 14.5 Å². The number of halogens is 2. The van der Waals surface area contributed by atoms with Crippen LogP contribution in [-0.2, 0) is 13.2 Å². The van der Waals surface area contributed by atoms with E-state index >= 15 is 0 Å². The van der Waals surface area contributed by atoms with Crippen molar-refractivity contribution in [3.8, 4) is 11.5 Å². The highest BCUT2D eigenvalue weighted by atomic mass is 35.5. The van der Waals surface area contributed by atoms with Crippen molar-refractivity contribution in [3.05, 3.63) is 108 Å². The Morgan fingerprint density at radius 3 is 2.68 bits per heavy atom. The van der Waals surface area contributed by atoms with Gasteiger partial charge in [0.1, 0.15) is 47.5 Å². The second-order valence-electron chi connectivity index (χ2n) is 8.62. The van der Waals surface area contributed by atoms with E-state index in [9.17, 15) is 4.39 Å². The average molecular weight is 545 g/mol. The number of hydrogen-bond donors (Lipinski definition) is 1. The smallest absolute Gasteiger partial charge is 0.143 e. The van der Waals surface area contributed by atoms with Crippen LogP contribution in [0.1, 0.15) is 5.56 Å². The van der Waals surface area contributed by atoms with E-state index in [1.54, 1.807) is 41.9 Å². The number of ether oxygens (including phenoxy) is 2. The Morgan fingerprint density at radius 2 is 1.84 bits per heavy atom. The lowest BCUT2D eigenvalue weighted by Gasteiger charge is -2.11. The quantitative estimate of drug-likeness (QED) is 0.201. The van der Waals surface area contributed by atoms with Crippen molar-refractivity contribution in [2.45, 2.75) is 13.2 Å². The van der Waals surface area contributed by atoms with E-state index in [1.165, 1.54) is 12.1 Å². The van der Waals surface area contributed by atoms with E-state index in [-0.39, 0.29) is 12.4 Å². The lowest BCUT2D eigenvalue weighted by molar-refractivity contribution is 0.299. The number of benzene rings is 3. The Kier molecular flexibility index (Phi) is 6.81. The van der Waals surface area contributed by atoms with Crippen LogP contribution in [0, 0.1) is 5.82 Å². The molecule has 0 saturated heterocycles. The minimum absolute atomic E-state index is 0.218. The van der Waals surface area contributed by atoms with Gasteiger partial charge < -0.3 is 19.4 Å². The van der Waals surface area contributed by atoms with Crippen LogP contribution in [0.5, 0.6) is 11.5 Å². The number of fused-ring (bicyclic) bond motifs is 3. The van der Waals surface area contributed by atoms with E-state index in [1.807, 2.05) is 48.8 Å². The van der Waals surface area contributed by atoms with E-state index in [0.717, 1.165) is 43.8 Å². The first-order valence-corrected chi connectivity index (χ1v) is 13.2. The molecule has 6 aromatic rings. The number of nitrogens with one attached hydrogen (secondary N) is 1. The molecule has 6 nitrogen and oxygen atoms in total. The van der Waals surface area contributed by atoms with Crippen molar-refractivity contribution in [2.75, 3.05) is 11.9 Å². The molecule has 0 bridgehead atoms. The average Bonchev–Trinajstić information content (AvgIpc) is 3.56. The maximum atomic E-state index is 13.4. The van der Waals surface area contributed by atoms with Gasteiger partial charge in [-0.2, -0.15) is 0 Å². The fraction of sp³-hybridized carbons (Fsp3) is 0.103. The molecule has 3 heterocycles. The first-order chi connectivity index (χ1) is 18.6. The van der Waals surface area contributed by atoms with Gasteiger partial charge in [-0.1, -0.05) is 23.7 Å². The summed E-state index contributed by atoms with van der Waals surface area (Å²) in [6.07, 6.45) is 5.59. The summed E-state index contributed by atoms with van der Waals surface area (Å²) in [7, 11) is 0. The van der Waals surface area contributed by atoms with Gasteiger partial charge in [0.25, 0.3) is 0 Å². The first-order valence-electron chi connectivity index (χ1n) is 12.0. The van der Waals surface area contributed by atoms with Gasteiger partial charge in [0.15, 0.2) is 0 Å². The fourth-order valence-corrected chi connectivity index (χ4v) is 5.49. The lowest BCUT2D eigenvalue weighted by Crippen LogP contribution is -2.06. The second-order valence-corrected chi connectivity index (χ2v) is 10.1. The maximum Gasteiger partial charge on any atom is 0.143 e.